The number of nitrogens with zero attached hydrogens (tertiary/aromatic N) is 3. The molecule has 0 unspecified atom stereocenters. The second kappa shape index (κ2) is 15.7. The quantitative estimate of drug-likeness (QED) is 0.206. The minimum atomic E-state index is 0.670. The molecule has 1 aliphatic carbocycles. The predicted molar refractivity (Wildman–Crippen MR) is 153 cm³/mol. The van der Waals surface area contributed by atoms with Gasteiger partial charge in [0.2, 0.25) is 6.20 Å². The van der Waals surface area contributed by atoms with Gasteiger partial charge in [-0.05, 0) is 94.2 Å². The van der Waals surface area contributed by atoms with Crippen LogP contribution in [0, 0.1) is 4.91 Å². The van der Waals surface area contributed by atoms with Crippen molar-refractivity contribution in [3.8, 4) is 5.75 Å². The number of ether oxygens (including phenoxy) is 2. The Morgan fingerprint density at radius 3 is 2.00 bits per heavy atom. The highest BCUT2D eigenvalue weighted by Gasteiger charge is 2.28. The van der Waals surface area contributed by atoms with Crippen molar-refractivity contribution in [3.63, 3.8) is 0 Å². The van der Waals surface area contributed by atoms with Crippen LogP contribution in [0.3, 0.4) is 0 Å². The van der Waals surface area contributed by atoms with E-state index < -0.39 is 0 Å². The summed E-state index contributed by atoms with van der Waals surface area (Å²) in [7, 11) is 0. The van der Waals surface area contributed by atoms with Gasteiger partial charge in [0.15, 0.2) is 0 Å². The first-order valence-corrected chi connectivity index (χ1v) is 14.5. The van der Waals surface area contributed by atoms with Crippen LogP contribution in [0.2, 0.25) is 0 Å². The van der Waals surface area contributed by atoms with E-state index in [2.05, 4.69) is 49.6 Å². The Morgan fingerprint density at radius 1 is 0.811 bits per heavy atom. The zero-order chi connectivity index (χ0) is 26.5. The molecule has 0 atom stereocenters. The van der Waals surface area contributed by atoms with E-state index >= 15 is 0 Å². The maximum Gasteiger partial charge on any atom is 0.270 e. The molecule has 2 aliphatic rings. The van der Waals surface area contributed by atoms with Gasteiger partial charge in [-0.2, -0.15) is 0 Å². The summed E-state index contributed by atoms with van der Waals surface area (Å²) in [4.78, 5) is 17.9. The van der Waals surface area contributed by atoms with Crippen LogP contribution in [0.15, 0.2) is 41.8 Å². The molecular formula is C31H48N3O3+. The number of allylic oxidation sites excluding steroid dienone is 3. The highest BCUT2D eigenvalue weighted by Crippen LogP contribution is 2.26. The molecule has 37 heavy (non-hydrogen) atoms. The fourth-order valence-corrected chi connectivity index (χ4v) is 5.23. The Kier molecular flexibility index (Phi) is 12.4. The molecule has 0 radical (unpaired) electrons. The van der Waals surface area contributed by atoms with Gasteiger partial charge in [0.25, 0.3) is 5.70 Å². The molecule has 1 aromatic carbocycles. The van der Waals surface area contributed by atoms with E-state index in [-0.39, 0.29) is 0 Å². The van der Waals surface area contributed by atoms with Crippen molar-refractivity contribution >= 4 is 11.8 Å². The SMILES string of the molecule is CCCN(CCC)CCCOC1=CCC2=c3ccc(OCCCN(CCC)CCC)cc3=C[N+](=O)C2=C1. The van der Waals surface area contributed by atoms with E-state index in [0.717, 1.165) is 84.4 Å². The first kappa shape index (κ1) is 29.1. The average Bonchev–Trinajstić information content (AvgIpc) is 2.89. The normalized spacial score (nSPS) is 14.8. The number of hydrogen-bond acceptors (Lipinski definition) is 5. The van der Waals surface area contributed by atoms with Crippen LogP contribution in [-0.2, 0) is 4.74 Å². The van der Waals surface area contributed by atoms with Crippen molar-refractivity contribution in [2.45, 2.75) is 72.6 Å². The monoisotopic (exact) mass is 510 g/mol. The number of hydrogen-bond donors (Lipinski definition) is 0. The molecule has 0 fully saturated rings. The van der Waals surface area contributed by atoms with Gasteiger partial charge in [0.05, 0.1) is 29.3 Å². The van der Waals surface area contributed by atoms with Crippen molar-refractivity contribution in [1.82, 2.24) is 9.80 Å². The van der Waals surface area contributed by atoms with E-state index in [1.165, 1.54) is 25.7 Å². The summed E-state index contributed by atoms with van der Waals surface area (Å²) in [6.45, 7) is 17.0. The van der Waals surface area contributed by atoms with Crippen LogP contribution < -0.4 is 15.2 Å². The van der Waals surface area contributed by atoms with Gasteiger partial charge in [-0.3, -0.25) is 0 Å². The van der Waals surface area contributed by atoms with Gasteiger partial charge in [0.1, 0.15) is 11.5 Å². The zero-order valence-electron chi connectivity index (χ0n) is 23.6. The fraction of sp³-hybridized carbons (Fsp3) is 0.613. The number of fused-ring (bicyclic) bond motifs is 2. The van der Waals surface area contributed by atoms with Crippen LogP contribution in [0.4, 0.5) is 0 Å². The summed E-state index contributed by atoms with van der Waals surface area (Å²) in [5, 5.41) is 2.02. The van der Waals surface area contributed by atoms with E-state index in [9.17, 15) is 4.91 Å². The van der Waals surface area contributed by atoms with Gasteiger partial charge in [0, 0.05) is 30.0 Å². The van der Waals surface area contributed by atoms with E-state index in [0.29, 0.717) is 25.3 Å². The van der Waals surface area contributed by atoms with Crippen molar-refractivity contribution in [2.24, 2.45) is 0 Å². The van der Waals surface area contributed by atoms with Crippen molar-refractivity contribution in [3.05, 3.63) is 57.2 Å². The van der Waals surface area contributed by atoms with E-state index in [1.54, 1.807) is 6.20 Å². The Hall–Kier alpha value is -2.44. The second-order valence-corrected chi connectivity index (χ2v) is 10.1. The lowest BCUT2D eigenvalue weighted by molar-refractivity contribution is -0.380. The molecule has 0 saturated heterocycles. The molecule has 6 nitrogen and oxygen atoms in total. The van der Waals surface area contributed by atoms with Crippen molar-refractivity contribution in [1.29, 1.82) is 0 Å². The van der Waals surface area contributed by atoms with Crippen molar-refractivity contribution in [2.75, 3.05) is 52.5 Å². The molecule has 1 heterocycles. The van der Waals surface area contributed by atoms with Crippen LogP contribution in [0.5, 0.6) is 5.75 Å². The summed E-state index contributed by atoms with van der Waals surface area (Å²) < 4.78 is 13.1. The smallest absolute Gasteiger partial charge is 0.270 e. The highest BCUT2D eigenvalue weighted by atomic mass is 16.5. The summed E-state index contributed by atoms with van der Waals surface area (Å²) in [5.41, 5.74) is 1.74. The largest absolute Gasteiger partial charge is 0.494 e. The molecule has 6 heteroatoms. The maximum absolute atomic E-state index is 12.9. The molecular weight excluding hydrogens is 462 g/mol. The lowest BCUT2D eigenvalue weighted by Gasteiger charge is -2.21. The summed E-state index contributed by atoms with van der Waals surface area (Å²) in [6, 6.07) is 6.11. The lowest BCUT2D eigenvalue weighted by atomic mass is 9.97. The third kappa shape index (κ3) is 8.82. The van der Waals surface area contributed by atoms with Crippen molar-refractivity contribution < 1.29 is 14.2 Å². The Morgan fingerprint density at radius 2 is 1.41 bits per heavy atom. The molecule has 1 aliphatic heterocycles. The van der Waals surface area contributed by atoms with Crippen LogP contribution >= 0.6 is 0 Å². The first-order valence-electron chi connectivity index (χ1n) is 14.5. The molecule has 0 N–H and O–H groups in total. The molecule has 0 bridgehead atoms. The average molecular weight is 511 g/mol. The molecule has 0 amide bonds. The topological polar surface area (TPSA) is 45.0 Å². The third-order valence-corrected chi connectivity index (χ3v) is 6.87. The van der Waals surface area contributed by atoms with Crippen LogP contribution in [0.25, 0.3) is 11.8 Å². The lowest BCUT2D eigenvalue weighted by Crippen LogP contribution is -2.34. The Balaban J connectivity index is 1.56. The third-order valence-electron chi connectivity index (χ3n) is 6.87. The van der Waals surface area contributed by atoms with E-state index in [4.69, 9.17) is 9.47 Å². The summed E-state index contributed by atoms with van der Waals surface area (Å²) >= 11 is 0. The number of nitroso groups, excluding NO2 is 1. The number of benzene rings is 1. The van der Waals surface area contributed by atoms with Gasteiger partial charge in [-0.1, -0.05) is 27.7 Å². The minimum Gasteiger partial charge on any atom is -0.494 e. The van der Waals surface area contributed by atoms with E-state index in [1.807, 2.05) is 18.2 Å². The number of rotatable bonds is 18. The zero-order valence-corrected chi connectivity index (χ0v) is 23.6. The predicted octanol–water partition coefficient (Wildman–Crippen LogP) is 4.96. The van der Waals surface area contributed by atoms with Gasteiger partial charge >= 0.3 is 0 Å². The molecule has 204 valence electrons. The van der Waals surface area contributed by atoms with Gasteiger partial charge in [-0.15, -0.1) is 0 Å². The molecule has 0 spiro atoms. The highest BCUT2D eigenvalue weighted by molar-refractivity contribution is 5.68. The second-order valence-electron chi connectivity index (χ2n) is 10.1. The van der Waals surface area contributed by atoms with Gasteiger partial charge < -0.3 is 19.3 Å². The first-order chi connectivity index (χ1) is 18.1. The van der Waals surface area contributed by atoms with Crippen LogP contribution in [-0.4, -0.2) is 67.0 Å². The Labute approximate surface area is 223 Å². The molecule has 0 aromatic heterocycles. The molecule has 0 saturated carbocycles. The molecule has 1 aromatic rings. The van der Waals surface area contributed by atoms with Gasteiger partial charge in [-0.25, -0.2) is 0 Å². The van der Waals surface area contributed by atoms with Crippen LogP contribution in [0.1, 0.15) is 72.6 Å². The minimum absolute atomic E-state index is 0.670. The maximum atomic E-state index is 12.9. The standard InChI is InChI=1S/C31H48N3O3/c1-5-15-32(16-6-2)19-9-21-36-27-11-13-29-26(23-27)25-34(35)31-24-28(12-14-30(29)31)37-22-10-20-33(17-7-3)18-8-4/h11-13,23-25H,5-10,14-22H2,1-4H3/q+1. The summed E-state index contributed by atoms with van der Waals surface area (Å²) in [6.07, 6.45) is 13.1. The Bertz CT molecular complexity index is 1050. The summed E-state index contributed by atoms with van der Waals surface area (Å²) in [5.74, 6) is 1.62. The fourth-order valence-electron chi connectivity index (χ4n) is 5.23. The molecule has 3 rings (SSSR count).